The van der Waals surface area contributed by atoms with Gasteiger partial charge in [-0.2, -0.15) is 13.2 Å². The van der Waals surface area contributed by atoms with Gasteiger partial charge in [0.1, 0.15) is 11.5 Å². The van der Waals surface area contributed by atoms with E-state index >= 15 is 0 Å². The van der Waals surface area contributed by atoms with E-state index in [0.717, 1.165) is 28.4 Å². The molecule has 0 spiro atoms. The predicted molar refractivity (Wildman–Crippen MR) is 136 cm³/mol. The van der Waals surface area contributed by atoms with Crippen molar-refractivity contribution >= 4 is 34.0 Å². The van der Waals surface area contributed by atoms with E-state index in [1.165, 1.54) is 35.6 Å². The third kappa shape index (κ3) is 5.57. The number of carbonyl (C=O) groups excluding carboxylic acids is 1. The molecule has 5 aromatic rings. The van der Waals surface area contributed by atoms with E-state index in [-0.39, 0.29) is 24.6 Å². The first-order valence-electron chi connectivity index (χ1n) is 11.3. The molecule has 0 bridgehead atoms. The maximum atomic E-state index is 13.5. The lowest BCUT2D eigenvalue weighted by Gasteiger charge is -2.11. The summed E-state index contributed by atoms with van der Waals surface area (Å²) in [6.45, 7) is 0.408. The van der Waals surface area contributed by atoms with Crippen molar-refractivity contribution in [3.05, 3.63) is 83.8 Å². The molecule has 38 heavy (non-hydrogen) atoms. The van der Waals surface area contributed by atoms with Gasteiger partial charge in [0.15, 0.2) is 4.96 Å². The number of benzene rings is 2. The second kappa shape index (κ2) is 10.5. The standard InChI is InChI=1S/C25H19F4N7OS/c26-17-6-4-15(5-7-17)20-21(36-12-13-38-24(36)35-20)19-8-9-30-22(34-19)31-10-11-32-23(37)33-18-3-1-2-16(14-18)25(27,28)29/h1-9,12-14H,10-11H2,(H,30,31,34)(H2,32,33,37). The molecule has 2 aromatic carbocycles. The number of fused-ring (bicyclic) bond motifs is 1. The van der Waals surface area contributed by atoms with Crippen molar-refractivity contribution in [3.63, 3.8) is 0 Å². The molecule has 0 unspecified atom stereocenters. The molecule has 3 N–H and O–H groups in total. The summed E-state index contributed by atoms with van der Waals surface area (Å²) in [5, 5.41) is 9.86. The fourth-order valence-electron chi connectivity index (χ4n) is 3.71. The molecule has 0 saturated heterocycles. The Kier molecular flexibility index (Phi) is 6.92. The zero-order valence-corrected chi connectivity index (χ0v) is 20.3. The van der Waals surface area contributed by atoms with Crippen LogP contribution in [0.1, 0.15) is 5.56 Å². The van der Waals surface area contributed by atoms with Gasteiger partial charge in [0, 0.05) is 42.1 Å². The first-order valence-corrected chi connectivity index (χ1v) is 12.2. The monoisotopic (exact) mass is 541 g/mol. The lowest BCUT2D eigenvalue weighted by molar-refractivity contribution is -0.137. The Hall–Kier alpha value is -4.52. The summed E-state index contributed by atoms with van der Waals surface area (Å²) in [5.41, 5.74) is 1.86. The summed E-state index contributed by atoms with van der Waals surface area (Å²) >= 11 is 1.46. The number of halogens is 4. The van der Waals surface area contributed by atoms with Crippen LogP contribution in [0.15, 0.2) is 72.4 Å². The Balaban J connectivity index is 1.24. The highest BCUT2D eigenvalue weighted by atomic mass is 32.1. The summed E-state index contributed by atoms with van der Waals surface area (Å²) < 4.78 is 53.9. The van der Waals surface area contributed by atoms with Gasteiger partial charge in [0.2, 0.25) is 5.95 Å². The summed E-state index contributed by atoms with van der Waals surface area (Å²) in [7, 11) is 0. The Morgan fingerprint density at radius 1 is 1.03 bits per heavy atom. The minimum Gasteiger partial charge on any atom is -0.352 e. The number of nitrogens with zero attached hydrogens (tertiary/aromatic N) is 4. The molecule has 8 nitrogen and oxygen atoms in total. The van der Waals surface area contributed by atoms with E-state index in [9.17, 15) is 22.4 Å². The SMILES string of the molecule is O=C(NCCNc1nccc(-c2c(-c3ccc(F)cc3)nc3sccn23)n1)Nc1cccc(C(F)(F)F)c1. The molecule has 0 radical (unpaired) electrons. The average molecular weight is 542 g/mol. The molecule has 0 fully saturated rings. The average Bonchev–Trinajstić information content (AvgIpc) is 3.49. The van der Waals surface area contributed by atoms with Gasteiger partial charge in [0.25, 0.3) is 0 Å². The van der Waals surface area contributed by atoms with Gasteiger partial charge in [-0.15, -0.1) is 11.3 Å². The highest BCUT2D eigenvalue weighted by Gasteiger charge is 2.30. The smallest absolute Gasteiger partial charge is 0.352 e. The van der Waals surface area contributed by atoms with E-state index in [1.807, 2.05) is 16.0 Å². The van der Waals surface area contributed by atoms with Crippen molar-refractivity contribution in [2.75, 3.05) is 23.7 Å². The summed E-state index contributed by atoms with van der Waals surface area (Å²) in [6, 6.07) is 11.5. The molecule has 0 aliphatic rings. The quantitative estimate of drug-likeness (QED) is 0.176. The van der Waals surface area contributed by atoms with Crippen LogP contribution < -0.4 is 16.0 Å². The molecule has 5 rings (SSSR count). The van der Waals surface area contributed by atoms with Crippen LogP contribution >= 0.6 is 11.3 Å². The lowest BCUT2D eigenvalue weighted by Crippen LogP contribution is -2.32. The zero-order chi connectivity index (χ0) is 26.7. The second-order valence-corrected chi connectivity index (χ2v) is 8.90. The molecular formula is C25H19F4N7OS. The van der Waals surface area contributed by atoms with Crippen LogP contribution in [0.4, 0.5) is 34.0 Å². The summed E-state index contributed by atoms with van der Waals surface area (Å²) in [5.74, 6) is -0.0419. The number of rotatable bonds is 7. The number of hydrogen-bond donors (Lipinski definition) is 3. The maximum absolute atomic E-state index is 13.5. The molecule has 0 saturated carbocycles. The number of aromatic nitrogens is 4. The Labute approximate surface area is 217 Å². The number of alkyl halides is 3. The van der Waals surface area contributed by atoms with Crippen molar-refractivity contribution < 1.29 is 22.4 Å². The van der Waals surface area contributed by atoms with Gasteiger partial charge in [-0.25, -0.2) is 24.1 Å². The number of amides is 2. The predicted octanol–water partition coefficient (Wildman–Crippen LogP) is 5.91. The van der Waals surface area contributed by atoms with Crippen molar-refractivity contribution in [1.82, 2.24) is 24.7 Å². The van der Waals surface area contributed by atoms with Crippen molar-refractivity contribution in [2.24, 2.45) is 0 Å². The molecule has 194 valence electrons. The number of urea groups is 1. The molecule has 3 heterocycles. The molecule has 0 aliphatic heterocycles. The molecule has 2 amide bonds. The topological polar surface area (TPSA) is 96.2 Å². The lowest BCUT2D eigenvalue weighted by atomic mass is 10.1. The van der Waals surface area contributed by atoms with E-state index in [0.29, 0.717) is 17.3 Å². The Morgan fingerprint density at radius 2 is 1.84 bits per heavy atom. The van der Waals surface area contributed by atoms with Crippen LogP contribution in [0.3, 0.4) is 0 Å². The van der Waals surface area contributed by atoms with Crippen LogP contribution in [-0.2, 0) is 6.18 Å². The number of hydrogen-bond acceptors (Lipinski definition) is 6. The summed E-state index contributed by atoms with van der Waals surface area (Å²) in [4.78, 5) is 26.3. The fraction of sp³-hybridized carbons (Fsp3) is 0.120. The van der Waals surface area contributed by atoms with E-state index in [4.69, 9.17) is 0 Å². The van der Waals surface area contributed by atoms with Crippen LogP contribution in [0.5, 0.6) is 0 Å². The van der Waals surface area contributed by atoms with Gasteiger partial charge in [-0.1, -0.05) is 6.07 Å². The van der Waals surface area contributed by atoms with Gasteiger partial charge < -0.3 is 16.0 Å². The van der Waals surface area contributed by atoms with Crippen LogP contribution in [0.2, 0.25) is 0 Å². The van der Waals surface area contributed by atoms with Gasteiger partial charge in [0.05, 0.1) is 17.0 Å². The summed E-state index contributed by atoms with van der Waals surface area (Å²) in [6.07, 6.45) is -1.05. The fourth-order valence-corrected chi connectivity index (χ4v) is 4.43. The minimum atomic E-state index is -4.50. The third-order valence-electron chi connectivity index (χ3n) is 5.42. The van der Waals surface area contributed by atoms with Crippen molar-refractivity contribution in [2.45, 2.75) is 6.18 Å². The molecule has 13 heteroatoms. The maximum Gasteiger partial charge on any atom is 0.416 e. The zero-order valence-electron chi connectivity index (χ0n) is 19.5. The second-order valence-electron chi connectivity index (χ2n) is 8.02. The molecule has 0 atom stereocenters. The van der Waals surface area contributed by atoms with E-state index in [2.05, 4.69) is 30.9 Å². The number of nitrogens with one attached hydrogen (secondary N) is 3. The highest BCUT2D eigenvalue weighted by Crippen LogP contribution is 2.34. The largest absolute Gasteiger partial charge is 0.416 e. The van der Waals surface area contributed by atoms with E-state index in [1.54, 1.807) is 24.4 Å². The first-order chi connectivity index (χ1) is 18.3. The van der Waals surface area contributed by atoms with Gasteiger partial charge >= 0.3 is 12.2 Å². The number of carbonyl (C=O) groups is 1. The van der Waals surface area contributed by atoms with Gasteiger partial charge in [-0.05, 0) is 48.5 Å². The number of imidazole rings is 1. The normalized spacial score (nSPS) is 11.5. The van der Waals surface area contributed by atoms with E-state index < -0.39 is 17.8 Å². The van der Waals surface area contributed by atoms with Gasteiger partial charge in [-0.3, -0.25) is 4.40 Å². The molecule has 3 aromatic heterocycles. The van der Waals surface area contributed by atoms with Crippen LogP contribution in [0.25, 0.3) is 27.6 Å². The minimum absolute atomic E-state index is 0.0267. The highest BCUT2D eigenvalue weighted by molar-refractivity contribution is 7.15. The van der Waals surface area contributed by atoms with Crippen molar-refractivity contribution in [1.29, 1.82) is 0 Å². The van der Waals surface area contributed by atoms with Crippen molar-refractivity contribution in [3.8, 4) is 22.6 Å². The molecular weight excluding hydrogens is 522 g/mol. The first kappa shape index (κ1) is 25.1. The number of thiazole rings is 1. The van der Waals surface area contributed by atoms with Crippen LogP contribution in [0, 0.1) is 5.82 Å². The van der Waals surface area contributed by atoms with Crippen LogP contribution in [-0.4, -0.2) is 38.5 Å². The number of anilines is 2. The Morgan fingerprint density at radius 3 is 2.63 bits per heavy atom. The Bertz CT molecular complexity index is 1580. The molecule has 0 aliphatic carbocycles. The third-order valence-corrected chi connectivity index (χ3v) is 6.18.